The molecule has 7 heteroatoms. The van der Waals surface area contributed by atoms with Crippen LogP contribution in [0.3, 0.4) is 0 Å². The van der Waals surface area contributed by atoms with Gasteiger partial charge in [-0.3, -0.25) is 4.79 Å². The number of benzene rings is 2. The molecular formula is C19H16ClFN4O. The molecule has 0 radical (unpaired) electrons. The van der Waals surface area contributed by atoms with E-state index in [9.17, 15) is 9.18 Å². The van der Waals surface area contributed by atoms with E-state index in [2.05, 4.69) is 20.6 Å². The minimum absolute atomic E-state index is 0.0751. The Morgan fingerprint density at radius 2 is 2.00 bits per heavy atom. The van der Waals surface area contributed by atoms with Crippen molar-refractivity contribution in [2.45, 2.75) is 13.5 Å². The third-order valence-corrected chi connectivity index (χ3v) is 3.97. The van der Waals surface area contributed by atoms with Crippen molar-refractivity contribution >= 4 is 29.1 Å². The molecule has 26 heavy (non-hydrogen) atoms. The smallest absolute Gasteiger partial charge is 0.270 e. The van der Waals surface area contributed by atoms with Crippen LogP contribution in [0.4, 0.5) is 16.0 Å². The third kappa shape index (κ3) is 4.34. The first-order valence-corrected chi connectivity index (χ1v) is 8.28. The molecule has 0 aliphatic heterocycles. The van der Waals surface area contributed by atoms with Gasteiger partial charge in [0.1, 0.15) is 11.5 Å². The monoisotopic (exact) mass is 370 g/mol. The topological polar surface area (TPSA) is 66.9 Å². The Morgan fingerprint density at radius 3 is 2.81 bits per heavy atom. The van der Waals surface area contributed by atoms with Gasteiger partial charge < -0.3 is 10.6 Å². The highest BCUT2D eigenvalue weighted by Crippen LogP contribution is 2.22. The molecule has 2 N–H and O–H groups in total. The normalized spacial score (nSPS) is 10.4. The Hall–Kier alpha value is -2.99. The van der Waals surface area contributed by atoms with E-state index in [1.54, 1.807) is 30.3 Å². The molecule has 3 rings (SSSR count). The first-order chi connectivity index (χ1) is 12.5. The van der Waals surface area contributed by atoms with Crippen LogP contribution in [0.25, 0.3) is 0 Å². The van der Waals surface area contributed by atoms with Crippen molar-refractivity contribution in [2.75, 3.05) is 5.32 Å². The van der Waals surface area contributed by atoms with Crippen molar-refractivity contribution in [3.63, 3.8) is 0 Å². The molecule has 0 atom stereocenters. The SMILES string of the molecule is Cc1ccc(Cl)cc1Nc1nccc(C(=O)NCc2ccccc2F)n1. The van der Waals surface area contributed by atoms with Gasteiger partial charge in [0.2, 0.25) is 5.95 Å². The van der Waals surface area contributed by atoms with Crippen molar-refractivity contribution in [2.24, 2.45) is 0 Å². The number of carbonyl (C=O) groups is 1. The summed E-state index contributed by atoms with van der Waals surface area (Å²) in [7, 11) is 0. The Kier molecular flexibility index (Phi) is 5.43. The molecule has 1 heterocycles. The van der Waals surface area contributed by atoms with E-state index in [-0.39, 0.29) is 24.0 Å². The van der Waals surface area contributed by atoms with Gasteiger partial charge in [-0.05, 0) is 36.8 Å². The average Bonchev–Trinajstić information content (AvgIpc) is 2.64. The number of carbonyl (C=O) groups excluding carboxylic acids is 1. The number of aryl methyl sites for hydroxylation is 1. The predicted molar refractivity (Wildman–Crippen MR) is 99.1 cm³/mol. The van der Waals surface area contributed by atoms with Crippen LogP contribution < -0.4 is 10.6 Å². The molecule has 3 aromatic rings. The Balaban J connectivity index is 1.71. The lowest BCUT2D eigenvalue weighted by molar-refractivity contribution is 0.0945. The number of hydrogen-bond acceptors (Lipinski definition) is 4. The van der Waals surface area contributed by atoms with Crippen LogP contribution in [0, 0.1) is 12.7 Å². The van der Waals surface area contributed by atoms with Crippen LogP contribution in [0.2, 0.25) is 5.02 Å². The van der Waals surface area contributed by atoms with Crippen molar-refractivity contribution in [1.29, 1.82) is 0 Å². The van der Waals surface area contributed by atoms with Crippen LogP contribution in [0.15, 0.2) is 54.7 Å². The van der Waals surface area contributed by atoms with Gasteiger partial charge in [0.15, 0.2) is 0 Å². The highest BCUT2D eigenvalue weighted by molar-refractivity contribution is 6.30. The Labute approximate surface area is 155 Å². The fourth-order valence-electron chi connectivity index (χ4n) is 2.30. The van der Waals surface area contributed by atoms with Gasteiger partial charge in [-0.25, -0.2) is 14.4 Å². The second kappa shape index (κ2) is 7.93. The van der Waals surface area contributed by atoms with Crippen LogP contribution in [-0.2, 0) is 6.54 Å². The van der Waals surface area contributed by atoms with Gasteiger partial charge in [0.25, 0.3) is 5.91 Å². The molecular weight excluding hydrogens is 355 g/mol. The summed E-state index contributed by atoms with van der Waals surface area (Å²) in [6.07, 6.45) is 1.48. The van der Waals surface area contributed by atoms with Gasteiger partial charge in [0, 0.05) is 29.0 Å². The maximum Gasteiger partial charge on any atom is 0.270 e. The largest absolute Gasteiger partial charge is 0.347 e. The number of anilines is 2. The van der Waals surface area contributed by atoms with Crippen LogP contribution in [0.5, 0.6) is 0 Å². The van der Waals surface area contributed by atoms with Crippen molar-refractivity contribution in [3.05, 3.63) is 82.4 Å². The maximum atomic E-state index is 13.6. The number of rotatable bonds is 5. The summed E-state index contributed by atoms with van der Waals surface area (Å²) in [6, 6.07) is 13.2. The summed E-state index contributed by atoms with van der Waals surface area (Å²) in [6.45, 7) is 2.00. The van der Waals surface area contributed by atoms with Crippen LogP contribution in [0.1, 0.15) is 21.6 Å². The molecule has 0 unspecified atom stereocenters. The maximum absolute atomic E-state index is 13.6. The van der Waals surface area contributed by atoms with Crippen LogP contribution >= 0.6 is 11.6 Å². The highest BCUT2D eigenvalue weighted by atomic mass is 35.5. The van der Waals surface area contributed by atoms with E-state index in [0.29, 0.717) is 10.6 Å². The van der Waals surface area contributed by atoms with E-state index in [0.717, 1.165) is 11.3 Å². The van der Waals surface area contributed by atoms with Crippen molar-refractivity contribution in [3.8, 4) is 0 Å². The Morgan fingerprint density at radius 1 is 1.19 bits per heavy atom. The zero-order chi connectivity index (χ0) is 18.5. The second-order valence-corrected chi connectivity index (χ2v) is 6.06. The molecule has 132 valence electrons. The van der Waals surface area contributed by atoms with E-state index in [1.807, 2.05) is 13.0 Å². The number of halogens is 2. The number of amides is 1. The quantitative estimate of drug-likeness (QED) is 0.704. The van der Waals surface area contributed by atoms with Gasteiger partial charge in [-0.15, -0.1) is 0 Å². The fourth-order valence-corrected chi connectivity index (χ4v) is 2.47. The summed E-state index contributed by atoms with van der Waals surface area (Å²) in [4.78, 5) is 20.6. The molecule has 1 amide bonds. The zero-order valence-corrected chi connectivity index (χ0v) is 14.7. The standard InChI is InChI=1S/C19H16ClFN4O/c1-12-6-7-14(20)10-17(12)25-19-22-9-8-16(24-19)18(26)23-11-13-4-2-3-5-15(13)21/h2-10H,11H2,1H3,(H,23,26)(H,22,24,25). The molecule has 0 saturated heterocycles. The molecule has 0 spiro atoms. The van der Waals surface area contributed by atoms with Gasteiger partial charge in [0.05, 0.1) is 0 Å². The number of aromatic nitrogens is 2. The minimum Gasteiger partial charge on any atom is -0.347 e. The summed E-state index contributed by atoms with van der Waals surface area (Å²) in [5.74, 6) is -0.510. The van der Waals surface area contributed by atoms with Gasteiger partial charge in [-0.1, -0.05) is 35.9 Å². The second-order valence-electron chi connectivity index (χ2n) is 5.62. The first-order valence-electron chi connectivity index (χ1n) is 7.91. The first kappa shape index (κ1) is 17.8. The van der Waals surface area contributed by atoms with Crippen molar-refractivity contribution < 1.29 is 9.18 Å². The van der Waals surface area contributed by atoms with Crippen molar-refractivity contribution in [1.82, 2.24) is 15.3 Å². The van der Waals surface area contributed by atoms with E-state index in [4.69, 9.17) is 11.6 Å². The lowest BCUT2D eigenvalue weighted by Gasteiger charge is -2.10. The molecule has 0 saturated carbocycles. The molecule has 5 nitrogen and oxygen atoms in total. The van der Waals surface area contributed by atoms with E-state index >= 15 is 0 Å². The number of nitrogens with zero attached hydrogens (tertiary/aromatic N) is 2. The predicted octanol–water partition coefficient (Wildman–Crippen LogP) is 4.25. The summed E-state index contributed by atoms with van der Waals surface area (Å²) < 4.78 is 13.6. The summed E-state index contributed by atoms with van der Waals surface area (Å²) in [5, 5.41) is 6.27. The van der Waals surface area contributed by atoms with Crippen LogP contribution in [-0.4, -0.2) is 15.9 Å². The fraction of sp³-hybridized carbons (Fsp3) is 0.105. The molecule has 0 aliphatic carbocycles. The lowest BCUT2D eigenvalue weighted by Crippen LogP contribution is -2.24. The summed E-state index contributed by atoms with van der Waals surface area (Å²) >= 11 is 6.00. The molecule has 2 aromatic carbocycles. The highest BCUT2D eigenvalue weighted by Gasteiger charge is 2.11. The number of hydrogen-bond donors (Lipinski definition) is 2. The molecule has 1 aromatic heterocycles. The Bertz CT molecular complexity index is 948. The van der Waals surface area contributed by atoms with E-state index in [1.165, 1.54) is 18.3 Å². The molecule has 0 aliphatic rings. The van der Waals surface area contributed by atoms with Gasteiger partial charge in [-0.2, -0.15) is 0 Å². The third-order valence-electron chi connectivity index (χ3n) is 3.73. The van der Waals surface area contributed by atoms with E-state index < -0.39 is 5.91 Å². The van der Waals surface area contributed by atoms with Gasteiger partial charge >= 0.3 is 0 Å². The average molecular weight is 371 g/mol. The lowest BCUT2D eigenvalue weighted by atomic mass is 10.2. The number of nitrogens with one attached hydrogen (secondary N) is 2. The summed E-state index contributed by atoms with van der Waals surface area (Å²) in [5.41, 5.74) is 2.30. The zero-order valence-electron chi connectivity index (χ0n) is 14.0. The molecule has 0 bridgehead atoms. The minimum atomic E-state index is -0.415. The molecule has 0 fully saturated rings.